The summed E-state index contributed by atoms with van der Waals surface area (Å²) in [6, 6.07) is 96.1. The molecule has 1 spiro atoms. The van der Waals surface area contributed by atoms with Crippen molar-refractivity contribution in [3.63, 3.8) is 0 Å². The normalized spacial score (nSPS) is 12.7. The van der Waals surface area contributed by atoms with Crippen LogP contribution in [-0.4, -0.2) is 0 Å². The molecular weight excluding hydrogens is 795 g/mol. The van der Waals surface area contributed by atoms with E-state index < -0.39 is 5.41 Å². The molecule has 308 valence electrons. The maximum atomic E-state index is 2.38. The molecule has 0 atom stereocenters. The molecule has 0 aliphatic heterocycles. The fourth-order valence-electron chi connectivity index (χ4n) is 11.4. The van der Waals surface area contributed by atoms with Crippen LogP contribution in [0.3, 0.4) is 0 Å². The van der Waals surface area contributed by atoms with Gasteiger partial charge in [-0.3, -0.25) is 0 Å². The second kappa shape index (κ2) is 15.3. The summed E-state index contributed by atoms with van der Waals surface area (Å²) in [6.07, 6.45) is 0. The summed E-state index contributed by atoms with van der Waals surface area (Å²) in [5.74, 6) is 0. The Kier molecular flexibility index (Phi) is 8.82. The Hall–Kier alpha value is -8.52. The number of anilines is 3. The smallest absolute Gasteiger partial charge is 0.0725 e. The lowest BCUT2D eigenvalue weighted by Gasteiger charge is -2.30. The number of hydrogen-bond donors (Lipinski definition) is 0. The van der Waals surface area contributed by atoms with Crippen LogP contribution >= 0.6 is 0 Å². The van der Waals surface area contributed by atoms with Gasteiger partial charge in [0.1, 0.15) is 0 Å². The van der Waals surface area contributed by atoms with E-state index in [0.717, 1.165) is 22.6 Å². The third-order valence-electron chi connectivity index (χ3n) is 14.1. The minimum Gasteiger partial charge on any atom is -0.310 e. The highest BCUT2D eigenvalue weighted by Gasteiger charge is 2.52. The van der Waals surface area contributed by atoms with E-state index in [1.807, 2.05) is 0 Å². The number of para-hydroxylation sites is 1. The van der Waals surface area contributed by atoms with Crippen LogP contribution in [0.15, 0.2) is 261 Å². The van der Waals surface area contributed by atoms with Crippen molar-refractivity contribution in [2.75, 3.05) is 4.90 Å². The summed E-state index contributed by atoms with van der Waals surface area (Å²) in [5, 5.41) is 2.51. The van der Waals surface area contributed by atoms with Crippen molar-refractivity contribution in [1.82, 2.24) is 0 Å². The first kappa shape index (κ1) is 38.0. The predicted molar refractivity (Wildman–Crippen MR) is 277 cm³/mol. The highest BCUT2D eigenvalue weighted by atomic mass is 15.1. The van der Waals surface area contributed by atoms with Crippen LogP contribution < -0.4 is 4.90 Å². The van der Waals surface area contributed by atoms with E-state index in [2.05, 4.69) is 266 Å². The monoisotopic (exact) mass is 837 g/mol. The van der Waals surface area contributed by atoms with Crippen LogP contribution in [0.1, 0.15) is 22.3 Å². The molecule has 0 saturated carbocycles. The lowest BCUT2D eigenvalue weighted by Crippen LogP contribution is -2.25. The maximum absolute atomic E-state index is 2.38. The van der Waals surface area contributed by atoms with Gasteiger partial charge >= 0.3 is 0 Å². The topological polar surface area (TPSA) is 3.24 Å². The third kappa shape index (κ3) is 5.73. The van der Waals surface area contributed by atoms with Crippen molar-refractivity contribution in [3.8, 4) is 66.8 Å². The number of hydrogen-bond acceptors (Lipinski definition) is 1. The highest BCUT2D eigenvalue weighted by molar-refractivity contribution is 6.03. The van der Waals surface area contributed by atoms with Gasteiger partial charge in [0.15, 0.2) is 0 Å². The first-order valence-corrected chi connectivity index (χ1v) is 22.9. The zero-order valence-electron chi connectivity index (χ0n) is 36.3. The average Bonchev–Trinajstić information content (AvgIpc) is 3.87. The molecule has 0 amide bonds. The van der Waals surface area contributed by atoms with Crippen LogP contribution in [-0.2, 0) is 5.41 Å². The molecule has 0 unspecified atom stereocenters. The van der Waals surface area contributed by atoms with Crippen LogP contribution in [0.25, 0.3) is 77.5 Å². The molecule has 0 N–H and O–H groups in total. The number of rotatable bonds is 7. The van der Waals surface area contributed by atoms with Crippen LogP contribution in [0.4, 0.5) is 17.1 Å². The lowest BCUT2D eigenvalue weighted by molar-refractivity contribution is 0.794. The van der Waals surface area contributed by atoms with Crippen LogP contribution in [0.5, 0.6) is 0 Å². The molecule has 2 aliphatic carbocycles. The van der Waals surface area contributed by atoms with Crippen molar-refractivity contribution in [3.05, 3.63) is 283 Å². The summed E-state index contributed by atoms with van der Waals surface area (Å²) in [5.41, 5.74) is 23.3. The van der Waals surface area contributed by atoms with Gasteiger partial charge in [0.05, 0.1) is 5.41 Å². The second-order valence-corrected chi connectivity index (χ2v) is 17.5. The first-order valence-electron chi connectivity index (χ1n) is 22.9. The summed E-state index contributed by atoms with van der Waals surface area (Å²) >= 11 is 0. The third-order valence-corrected chi connectivity index (χ3v) is 14.1. The second-order valence-electron chi connectivity index (χ2n) is 17.5. The highest BCUT2D eigenvalue weighted by Crippen LogP contribution is 2.64. The number of fused-ring (bicyclic) bond motifs is 11. The largest absolute Gasteiger partial charge is 0.310 e. The van der Waals surface area contributed by atoms with E-state index in [9.17, 15) is 0 Å². The molecule has 0 radical (unpaired) electrons. The van der Waals surface area contributed by atoms with E-state index >= 15 is 0 Å². The standard InChI is InChI=1S/C65H43N/c1-2-22-47(23-3-1)66(48-41-39-45(40-42-48)51-33-17-20-44-19-4-5-25-50(44)51)49-24-16-21-46(43-49)52-26-6-7-27-53(52)54-28-8-9-29-55(54)58-34-18-38-63-64(58)59-32-12-15-37-62(59)65(63)60-35-13-10-30-56(60)57-31-11-14-36-61(57)65/h1-43H. The van der Waals surface area contributed by atoms with Gasteiger partial charge in [-0.15, -0.1) is 0 Å². The van der Waals surface area contributed by atoms with Crippen LogP contribution in [0, 0.1) is 0 Å². The van der Waals surface area contributed by atoms with Crippen molar-refractivity contribution in [2.24, 2.45) is 0 Å². The zero-order chi connectivity index (χ0) is 43.6. The lowest BCUT2D eigenvalue weighted by atomic mass is 9.70. The molecule has 1 heteroatoms. The molecule has 0 saturated heterocycles. The molecule has 66 heavy (non-hydrogen) atoms. The molecule has 11 aromatic carbocycles. The first-order chi connectivity index (χ1) is 32.8. The van der Waals surface area contributed by atoms with E-state index in [1.165, 1.54) is 94.2 Å². The summed E-state index contributed by atoms with van der Waals surface area (Å²) in [6.45, 7) is 0. The van der Waals surface area contributed by atoms with E-state index in [4.69, 9.17) is 0 Å². The molecule has 0 fully saturated rings. The SMILES string of the molecule is c1ccc(N(c2ccc(-c3cccc4ccccc34)cc2)c2cccc(-c3ccccc3-c3ccccc3-c3cccc4c3-c3ccccc3C43c4ccccc4-c4ccccc43)c2)cc1. The molecule has 0 heterocycles. The Morgan fingerprint density at radius 2 is 0.682 bits per heavy atom. The predicted octanol–water partition coefficient (Wildman–Crippen LogP) is 17.3. The molecule has 0 bridgehead atoms. The number of benzene rings is 11. The van der Waals surface area contributed by atoms with Crippen LogP contribution in [0.2, 0.25) is 0 Å². The van der Waals surface area contributed by atoms with Gasteiger partial charge in [0, 0.05) is 17.1 Å². The minimum absolute atomic E-state index is 0.400. The summed E-state index contributed by atoms with van der Waals surface area (Å²) in [4.78, 5) is 2.37. The van der Waals surface area contributed by atoms with Crippen molar-refractivity contribution >= 4 is 27.8 Å². The fraction of sp³-hybridized carbons (Fsp3) is 0.0154. The fourth-order valence-corrected chi connectivity index (χ4v) is 11.4. The molecule has 1 nitrogen and oxygen atoms in total. The maximum Gasteiger partial charge on any atom is 0.0725 e. The Labute approximate surface area is 386 Å². The van der Waals surface area contributed by atoms with Gasteiger partial charge < -0.3 is 4.90 Å². The molecule has 11 aromatic rings. The van der Waals surface area contributed by atoms with Crippen molar-refractivity contribution in [1.29, 1.82) is 0 Å². The Morgan fingerprint density at radius 3 is 1.39 bits per heavy atom. The van der Waals surface area contributed by atoms with E-state index in [-0.39, 0.29) is 0 Å². The van der Waals surface area contributed by atoms with Crippen molar-refractivity contribution in [2.45, 2.75) is 5.41 Å². The van der Waals surface area contributed by atoms with Gasteiger partial charge in [-0.25, -0.2) is 0 Å². The molecular formula is C65H43N. The van der Waals surface area contributed by atoms with Gasteiger partial charge in [-0.2, -0.15) is 0 Å². The van der Waals surface area contributed by atoms with E-state index in [1.54, 1.807) is 0 Å². The quantitative estimate of drug-likeness (QED) is 0.155. The Morgan fingerprint density at radius 1 is 0.242 bits per heavy atom. The van der Waals surface area contributed by atoms with Gasteiger partial charge in [0.25, 0.3) is 0 Å². The molecule has 13 rings (SSSR count). The minimum atomic E-state index is -0.400. The summed E-state index contributed by atoms with van der Waals surface area (Å²) < 4.78 is 0. The Bertz CT molecular complexity index is 3600. The number of nitrogens with zero attached hydrogens (tertiary/aromatic N) is 1. The van der Waals surface area contributed by atoms with Gasteiger partial charge in [-0.05, 0) is 136 Å². The van der Waals surface area contributed by atoms with Gasteiger partial charge in [-0.1, -0.05) is 224 Å². The van der Waals surface area contributed by atoms with Gasteiger partial charge in [0.2, 0.25) is 0 Å². The Balaban J connectivity index is 0.940. The molecule has 2 aliphatic rings. The summed E-state index contributed by atoms with van der Waals surface area (Å²) in [7, 11) is 0. The molecule has 0 aromatic heterocycles. The average molecular weight is 838 g/mol. The zero-order valence-corrected chi connectivity index (χ0v) is 36.3. The van der Waals surface area contributed by atoms with Crippen molar-refractivity contribution < 1.29 is 0 Å². The van der Waals surface area contributed by atoms with E-state index in [0.29, 0.717) is 0 Å².